The lowest BCUT2D eigenvalue weighted by Crippen LogP contribution is -2.40. The van der Waals surface area contributed by atoms with Gasteiger partial charge in [-0.15, -0.1) is 0 Å². The first-order valence-electron chi connectivity index (χ1n) is 6.98. The Hall–Kier alpha value is -1.99. The molecule has 0 bridgehead atoms. The maximum absolute atomic E-state index is 12.1. The molecule has 6 nitrogen and oxygen atoms in total. The summed E-state index contributed by atoms with van der Waals surface area (Å²) < 4.78 is 34.3. The van der Waals surface area contributed by atoms with E-state index in [1.54, 1.807) is 25.7 Å². The second-order valence-electron chi connectivity index (χ2n) is 5.98. The number of carbonyl (C=O) groups excluding carboxylic acids is 1. The van der Waals surface area contributed by atoms with Crippen LogP contribution in [0.25, 0.3) is 0 Å². The highest BCUT2D eigenvalue weighted by Gasteiger charge is 2.26. The lowest BCUT2D eigenvalue weighted by atomic mass is 10.1. The summed E-state index contributed by atoms with van der Waals surface area (Å²) in [4.78, 5) is 21.6. The van der Waals surface area contributed by atoms with Gasteiger partial charge in [-0.3, -0.25) is 0 Å². The van der Waals surface area contributed by atoms with E-state index in [2.05, 4.69) is 9.97 Å². The number of carbonyl (C=O) groups is 1. The van der Waals surface area contributed by atoms with Gasteiger partial charge in [-0.25, -0.2) is 18.6 Å². The molecule has 1 aliphatic heterocycles. The third kappa shape index (κ3) is 4.51. The fourth-order valence-electron chi connectivity index (χ4n) is 1.99. The fourth-order valence-corrected chi connectivity index (χ4v) is 1.99. The molecule has 122 valence electrons. The van der Waals surface area contributed by atoms with E-state index < -0.39 is 24.7 Å². The predicted molar refractivity (Wildman–Crippen MR) is 73.9 cm³/mol. The molecule has 0 radical (unpaired) electrons. The van der Waals surface area contributed by atoms with Gasteiger partial charge in [0, 0.05) is 24.7 Å². The molecule has 0 N–H and O–H groups in total. The molecule has 0 saturated heterocycles. The van der Waals surface area contributed by atoms with Gasteiger partial charge in [0.1, 0.15) is 5.60 Å². The third-order valence-corrected chi connectivity index (χ3v) is 2.90. The van der Waals surface area contributed by atoms with Gasteiger partial charge >= 0.3 is 12.1 Å². The minimum absolute atomic E-state index is 0.0650. The zero-order valence-electron chi connectivity index (χ0n) is 12.8. The fraction of sp³-hybridized carbons (Fsp3) is 0.643. The predicted octanol–water partition coefficient (Wildman–Crippen LogP) is 2.41. The maximum Gasteiger partial charge on any atom is 0.410 e. The first-order chi connectivity index (χ1) is 10.2. The van der Waals surface area contributed by atoms with E-state index in [4.69, 9.17) is 9.47 Å². The number of amides is 1. The molecule has 1 aliphatic rings. The summed E-state index contributed by atoms with van der Waals surface area (Å²) in [6, 6.07) is -0.0650. The molecule has 0 saturated carbocycles. The summed E-state index contributed by atoms with van der Waals surface area (Å²) in [5.41, 5.74) is 0.918. The Labute approximate surface area is 127 Å². The van der Waals surface area contributed by atoms with Crippen molar-refractivity contribution in [2.45, 2.75) is 45.8 Å². The number of aromatic nitrogens is 2. The maximum atomic E-state index is 12.1. The zero-order valence-corrected chi connectivity index (χ0v) is 12.8. The van der Waals surface area contributed by atoms with Gasteiger partial charge in [0.25, 0.3) is 6.43 Å². The number of hydrogen-bond acceptors (Lipinski definition) is 5. The standard InChI is InChI=1S/C14H19F2N3O3/c1-14(2,3)22-13(20)19-5-4-10-9(7-19)6-17-12(18-10)21-8-11(15)16/h6,11H,4-5,7-8H2,1-3H3. The molecule has 0 atom stereocenters. The average Bonchev–Trinajstić information content (AvgIpc) is 2.42. The highest BCUT2D eigenvalue weighted by molar-refractivity contribution is 5.68. The Morgan fingerprint density at radius 2 is 2.18 bits per heavy atom. The van der Waals surface area contributed by atoms with Crippen molar-refractivity contribution in [3.8, 4) is 6.01 Å². The normalized spacial score (nSPS) is 14.7. The molecular formula is C14H19F2N3O3. The van der Waals surface area contributed by atoms with Crippen LogP contribution in [0, 0.1) is 0 Å². The van der Waals surface area contributed by atoms with Crippen LogP contribution in [-0.4, -0.2) is 46.1 Å². The van der Waals surface area contributed by atoms with Crippen molar-refractivity contribution in [1.82, 2.24) is 14.9 Å². The van der Waals surface area contributed by atoms with Gasteiger partial charge in [-0.1, -0.05) is 0 Å². The summed E-state index contributed by atoms with van der Waals surface area (Å²) in [7, 11) is 0. The van der Waals surface area contributed by atoms with E-state index in [0.717, 1.165) is 5.56 Å². The Kier molecular flexibility index (Phi) is 4.77. The Bertz CT molecular complexity index is 547. The molecular weight excluding hydrogens is 296 g/mol. The molecule has 2 heterocycles. The van der Waals surface area contributed by atoms with Gasteiger partial charge < -0.3 is 14.4 Å². The van der Waals surface area contributed by atoms with E-state index in [9.17, 15) is 13.6 Å². The lowest BCUT2D eigenvalue weighted by Gasteiger charge is -2.30. The van der Waals surface area contributed by atoms with Crippen molar-refractivity contribution in [2.75, 3.05) is 13.2 Å². The molecule has 2 rings (SSSR count). The van der Waals surface area contributed by atoms with E-state index in [-0.39, 0.29) is 6.01 Å². The first-order valence-corrected chi connectivity index (χ1v) is 6.98. The molecule has 1 amide bonds. The van der Waals surface area contributed by atoms with E-state index in [1.165, 1.54) is 6.20 Å². The zero-order chi connectivity index (χ0) is 16.3. The van der Waals surface area contributed by atoms with E-state index in [1.807, 2.05) is 0 Å². The van der Waals surface area contributed by atoms with E-state index >= 15 is 0 Å². The number of rotatable bonds is 3. The largest absolute Gasteiger partial charge is 0.457 e. The Morgan fingerprint density at radius 3 is 2.82 bits per heavy atom. The smallest absolute Gasteiger partial charge is 0.410 e. The van der Waals surface area contributed by atoms with Gasteiger partial charge in [-0.2, -0.15) is 4.98 Å². The molecule has 0 aromatic carbocycles. The Balaban J connectivity index is 2.01. The summed E-state index contributed by atoms with van der Waals surface area (Å²) in [6.07, 6.45) is -0.958. The van der Waals surface area contributed by atoms with Crippen LogP contribution < -0.4 is 4.74 Å². The molecule has 1 aromatic rings. The topological polar surface area (TPSA) is 64.5 Å². The monoisotopic (exact) mass is 315 g/mol. The van der Waals surface area contributed by atoms with Crippen LogP contribution in [-0.2, 0) is 17.7 Å². The number of halogens is 2. The van der Waals surface area contributed by atoms with Crippen molar-refractivity contribution in [3.05, 3.63) is 17.5 Å². The summed E-state index contributed by atoms with van der Waals surface area (Å²) in [6.45, 7) is 5.46. The summed E-state index contributed by atoms with van der Waals surface area (Å²) in [5, 5.41) is 0. The first kappa shape index (κ1) is 16.4. The molecule has 1 aromatic heterocycles. The number of ether oxygens (including phenoxy) is 2. The molecule has 0 fully saturated rings. The number of nitrogens with zero attached hydrogens (tertiary/aromatic N) is 3. The Morgan fingerprint density at radius 1 is 1.45 bits per heavy atom. The molecule has 22 heavy (non-hydrogen) atoms. The van der Waals surface area contributed by atoms with Crippen LogP contribution in [0.4, 0.5) is 13.6 Å². The van der Waals surface area contributed by atoms with E-state index in [0.29, 0.717) is 25.2 Å². The van der Waals surface area contributed by atoms with Gasteiger partial charge in [0.2, 0.25) is 0 Å². The summed E-state index contributed by atoms with van der Waals surface area (Å²) >= 11 is 0. The third-order valence-electron chi connectivity index (χ3n) is 2.90. The van der Waals surface area contributed by atoms with Crippen molar-refractivity contribution >= 4 is 6.09 Å². The van der Waals surface area contributed by atoms with Gasteiger partial charge in [0.05, 0.1) is 12.2 Å². The second kappa shape index (κ2) is 6.41. The summed E-state index contributed by atoms with van der Waals surface area (Å²) in [5.74, 6) is 0. The molecule has 0 unspecified atom stereocenters. The van der Waals surface area contributed by atoms with Crippen LogP contribution in [0.3, 0.4) is 0 Å². The van der Waals surface area contributed by atoms with Gasteiger partial charge in [0.15, 0.2) is 6.61 Å². The van der Waals surface area contributed by atoms with Crippen LogP contribution in [0.2, 0.25) is 0 Å². The number of hydrogen-bond donors (Lipinski definition) is 0. The highest BCUT2D eigenvalue weighted by atomic mass is 19.3. The van der Waals surface area contributed by atoms with Crippen molar-refractivity contribution in [3.63, 3.8) is 0 Å². The molecule has 0 aliphatic carbocycles. The van der Waals surface area contributed by atoms with Gasteiger partial charge in [-0.05, 0) is 20.8 Å². The minimum atomic E-state index is -2.57. The number of fused-ring (bicyclic) bond motifs is 1. The van der Waals surface area contributed by atoms with Crippen LogP contribution in [0.5, 0.6) is 6.01 Å². The highest BCUT2D eigenvalue weighted by Crippen LogP contribution is 2.20. The van der Waals surface area contributed by atoms with Crippen LogP contribution in [0.15, 0.2) is 6.20 Å². The molecule has 0 spiro atoms. The van der Waals surface area contributed by atoms with Crippen molar-refractivity contribution in [2.24, 2.45) is 0 Å². The molecule has 8 heteroatoms. The van der Waals surface area contributed by atoms with Crippen LogP contribution >= 0.6 is 0 Å². The average molecular weight is 315 g/mol. The minimum Gasteiger partial charge on any atom is -0.457 e. The van der Waals surface area contributed by atoms with Crippen LogP contribution in [0.1, 0.15) is 32.0 Å². The van der Waals surface area contributed by atoms with Crippen molar-refractivity contribution in [1.29, 1.82) is 0 Å². The lowest BCUT2D eigenvalue weighted by molar-refractivity contribution is 0.0221. The second-order valence-corrected chi connectivity index (χ2v) is 5.98. The quantitative estimate of drug-likeness (QED) is 0.857. The van der Waals surface area contributed by atoms with Crippen molar-refractivity contribution < 1.29 is 23.0 Å². The number of alkyl halides is 2. The SMILES string of the molecule is CC(C)(C)OC(=O)N1CCc2nc(OCC(F)F)ncc2C1.